The van der Waals surface area contributed by atoms with Crippen LogP contribution in [0.3, 0.4) is 0 Å². The number of carbonyl (C=O) groups excluding carboxylic acids is 1. The van der Waals surface area contributed by atoms with E-state index in [1.165, 1.54) is 6.20 Å². The van der Waals surface area contributed by atoms with E-state index in [1.807, 2.05) is 18.2 Å². The molecule has 0 fully saturated rings. The van der Waals surface area contributed by atoms with Crippen LogP contribution in [-0.2, 0) is 0 Å². The highest BCUT2D eigenvalue weighted by molar-refractivity contribution is 14.1. The molecule has 1 N–H and O–H groups in total. The third-order valence-electron chi connectivity index (χ3n) is 1.91. The second kappa shape index (κ2) is 4.44. The van der Waals surface area contributed by atoms with Crippen molar-refractivity contribution in [1.82, 2.24) is 9.97 Å². The maximum absolute atomic E-state index is 10.5. The number of carbonyl (C=O) groups is 1. The molecule has 0 amide bonds. The number of nitrogens with zero attached hydrogens (tertiary/aromatic N) is 1. The van der Waals surface area contributed by atoms with Crippen LogP contribution in [0.15, 0.2) is 28.9 Å². The van der Waals surface area contributed by atoms with E-state index >= 15 is 0 Å². The van der Waals surface area contributed by atoms with Gasteiger partial charge in [0, 0.05) is 13.6 Å². The van der Waals surface area contributed by atoms with Gasteiger partial charge >= 0.3 is 0 Å². The van der Waals surface area contributed by atoms with Gasteiger partial charge in [-0.2, -0.15) is 0 Å². The number of aromatic amines is 1. The summed E-state index contributed by atoms with van der Waals surface area (Å²) in [5.41, 5.74) is 1.44. The van der Waals surface area contributed by atoms with Gasteiger partial charge in [-0.25, -0.2) is 4.98 Å². The summed E-state index contributed by atoms with van der Waals surface area (Å²) in [4.78, 5) is 17.6. The molecule has 1 aromatic heterocycles. The molecule has 2 aromatic rings. The molecule has 0 saturated carbocycles. The van der Waals surface area contributed by atoms with E-state index in [-0.39, 0.29) is 0 Å². The molecule has 0 radical (unpaired) electrons. The first-order chi connectivity index (χ1) is 7.20. The quantitative estimate of drug-likeness (QED) is 0.646. The maximum Gasteiger partial charge on any atom is 0.167 e. The minimum absolute atomic E-state index is 0.482. The number of aromatic nitrogens is 2. The fraction of sp³-hybridized carbons (Fsp3) is 0. The summed E-state index contributed by atoms with van der Waals surface area (Å²) in [6.07, 6.45) is 2.27. The lowest BCUT2D eigenvalue weighted by Gasteiger charge is -2.01. The van der Waals surface area contributed by atoms with Crippen LogP contribution in [0.4, 0.5) is 0 Å². The monoisotopic (exact) mass is 376 g/mol. The molecule has 5 heteroatoms. The Morgan fingerprint density at radius 1 is 1.47 bits per heavy atom. The molecule has 2 rings (SSSR count). The van der Waals surface area contributed by atoms with Crippen LogP contribution in [0.25, 0.3) is 11.4 Å². The average Bonchev–Trinajstić information content (AvgIpc) is 2.70. The lowest BCUT2D eigenvalue weighted by molar-refractivity contribution is 0.111. The molecule has 1 aromatic carbocycles. The highest BCUT2D eigenvalue weighted by Gasteiger charge is 2.07. The van der Waals surface area contributed by atoms with Crippen molar-refractivity contribution < 1.29 is 4.79 Å². The molecule has 76 valence electrons. The number of rotatable bonds is 2. The van der Waals surface area contributed by atoms with Crippen LogP contribution < -0.4 is 0 Å². The number of H-pyrrole nitrogens is 1. The van der Waals surface area contributed by atoms with Gasteiger partial charge in [0.15, 0.2) is 6.29 Å². The Bertz CT molecular complexity index is 510. The number of aldehydes is 1. The molecule has 3 nitrogen and oxygen atoms in total. The fourth-order valence-corrected chi connectivity index (χ4v) is 2.14. The molecule has 0 bridgehead atoms. The van der Waals surface area contributed by atoms with Crippen molar-refractivity contribution in [2.45, 2.75) is 0 Å². The molecule has 0 aliphatic heterocycles. The summed E-state index contributed by atoms with van der Waals surface area (Å²) in [7, 11) is 0. The molecule has 0 spiro atoms. The Hall–Kier alpha value is -0.690. The summed E-state index contributed by atoms with van der Waals surface area (Å²) in [5.74, 6) is 0.697. The molecule has 0 atom stereocenters. The van der Waals surface area contributed by atoms with Crippen LogP contribution >= 0.6 is 38.5 Å². The second-order valence-corrected chi connectivity index (χ2v) is 5.03. The predicted octanol–water partition coefficient (Wildman–Crippen LogP) is 3.26. The Morgan fingerprint density at radius 2 is 2.27 bits per heavy atom. The van der Waals surface area contributed by atoms with Crippen LogP contribution in [0.2, 0.25) is 0 Å². The van der Waals surface area contributed by atoms with E-state index in [0.717, 1.165) is 19.9 Å². The molecule has 0 aliphatic carbocycles. The van der Waals surface area contributed by atoms with Gasteiger partial charge in [-0.1, -0.05) is 15.9 Å². The van der Waals surface area contributed by atoms with Crippen molar-refractivity contribution >= 4 is 44.8 Å². The zero-order valence-electron chi connectivity index (χ0n) is 7.50. The Morgan fingerprint density at radius 3 is 2.93 bits per heavy atom. The lowest BCUT2D eigenvalue weighted by atomic mass is 10.2. The molecule has 0 unspecified atom stereocenters. The molecule has 15 heavy (non-hydrogen) atoms. The third kappa shape index (κ3) is 2.28. The van der Waals surface area contributed by atoms with Crippen LogP contribution in [0.1, 0.15) is 10.5 Å². The normalized spacial score (nSPS) is 10.3. The van der Waals surface area contributed by atoms with E-state index in [1.54, 1.807) is 0 Å². The highest BCUT2D eigenvalue weighted by Crippen LogP contribution is 2.27. The van der Waals surface area contributed by atoms with Crippen molar-refractivity contribution in [3.63, 3.8) is 0 Å². The molecule has 0 aliphatic rings. The standard InChI is InChI=1S/C10H6BrIN2O/c11-9-2-1-6(12)3-8(9)10-13-4-7(5-15)14-10/h1-5H,(H,13,14). The predicted molar refractivity (Wildman–Crippen MR) is 69.8 cm³/mol. The molecular formula is C10H6BrIN2O. The SMILES string of the molecule is O=Cc1cnc(-c2cc(I)ccc2Br)[nH]1. The summed E-state index contributed by atoms with van der Waals surface area (Å²) in [6, 6.07) is 5.95. The van der Waals surface area contributed by atoms with Gasteiger partial charge in [0.1, 0.15) is 5.82 Å². The molecule has 1 heterocycles. The van der Waals surface area contributed by atoms with Crippen molar-refractivity contribution in [3.05, 3.63) is 38.1 Å². The van der Waals surface area contributed by atoms with E-state index in [4.69, 9.17) is 0 Å². The Labute approximate surface area is 109 Å². The highest BCUT2D eigenvalue weighted by atomic mass is 127. The van der Waals surface area contributed by atoms with Crippen molar-refractivity contribution in [2.24, 2.45) is 0 Å². The largest absolute Gasteiger partial charge is 0.336 e. The summed E-state index contributed by atoms with van der Waals surface area (Å²) in [6.45, 7) is 0. The lowest BCUT2D eigenvalue weighted by Crippen LogP contribution is -1.85. The number of halogens is 2. The van der Waals surface area contributed by atoms with Crippen molar-refractivity contribution in [1.29, 1.82) is 0 Å². The first kappa shape index (κ1) is 10.8. The average molecular weight is 377 g/mol. The Balaban J connectivity index is 2.52. The van der Waals surface area contributed by atoms with Crippen LogP contribution in [0, 0.1) is 3.57 Å². The zero-order valence-corrected chi connectivity index (χ0v) is 11.2. The van der Waals surface area contributed by atoms with Crippen molar-refractivity contribution in [2.75, 3.05) is 0 Å². The van der Waals surface area contributed by atoms with Crippen LogP contribution in [-0.4, -0.2) is 16.3 Å². The van der Waals surface area contributed by atoms with Gasteiger partial charge in [-0.15, -0.1) is 0 Å². The smallest absolute Gasteiger partial charge is 0.167 e. The number of nitrogens with one attached hydrogen (secondary N) is 1. The topological polar surface area (TPSA) is 45.8 Å². The maximum atomic E-state index is 10.5. The zero-order chi connectivity index (χ0) is 10.8. The minimum atomic E-state index is 0.482. The van der Waals surface area contributed by atoms with Crippen molar-refractivity contribution in [3.8, 4) is 11.4 Å². The third-order valence-corrected chi connectivity index (χ3v) is 3.27. The van der Waals surface area contributed by atoms with Gasteiger partial charge in [0.05, 0.1) is 11.9 Å². The number of hydrogen-bond acceptors (Lipinski definition) is 2. The van der Waals surface area contributed by atoms with Gasteiger partial charge in [0.25, 0.3) is 0 Å². The van der Waals surface area contributed by atoms with Gasteiger partial charge in [0.2, 0.25) is 0 Å². The van der Waals surface area contributed by atoms with Crippen LogP contribution in [0.5, 0.6) is 0 Å². The van der Waals surface area contributed by atoms with Gasteiger partial charge < -0.3 is 4.98 Å². The fourth-order valence-electron chi connectivity index (χ4n) is 1.21. The number of benzene rings is 1. The van der Waals surface area contributed by atoms with E-state index in [9.17, 15) is 4.79 Å². The second-order valence-electron chi connectivity index (χ2n) is 2.93. The first-order valence-corrected chi connectivity index (χ1v) is 6.03. The molecular weight excluding hydrogens is 371 g/mol. The number of hydrogen-bond donors (Lipinski definition) is 1. The first-order valence-electron chi connectivity index (χ1n) is 4.16. The summed E-state index contributed by atoms with van der Waals surface area (Å²) in [5, 5.41) is 0. The van der Waals surface area contributed by atoms with Gasteiger partial charge in [-0.3, -0.25) is 4.79 Å². The summed E-state index contributed by atoms with van der Waals surface area (Å²) >= 11 is 5.68. The summed E-state index contributed by atoms with van der Waals surface area (Å²) < 4.78 is 2.07. The molecule has 0 saturated heterocycles. The van der Waals surface area contributed by atoms with E-state index < -0.39 is 0 Å². The van der Waals surface area contributed by atoms with E-state index in [0.29, 0.717) is 11.5 Å². The Kier molecular flexibility index (Phi) is 3.20. The number of imidazole rings is 1. The minimum Gasteiger partial charge on any atom is -0.336 e. The van der Waals surface area contributed by atoms with Gasteiger partial charge in [-0.05, 0) is 40.8 Å². The van der Waals surface area contributed by atoms with E-state index in [2.05, 4.69) is 48.5 Å².